The number of sulfonamides is 1. The molecule has 3 atom stereocenters. The number of nitrogens with one attached hydrogen (secondary N) is 1. The quantitative estimate of drug-likeness (QED) is 0.751. The van der Waals surface area contributed by atoms with Crippen LogP contribution in [-0.4, -0.2) is 54.2 Å². The minimum Gasteiger partial charge on any atom is -0.341 e. The normalized spacial score (nSPS) is 31.0. The molecule has 148 valence electrons. The number of fused-ring (bicyclic) bond motifs is 1. The Morgan fingerprint density at radius 2 is 2.15 bits per heavy atom. The van der Waals surface area contributed by atoms with Gasteiger partial charge in [0, 0.05) is 25.0 Å². The fraction of sp³-hybridized carbons (Fsp3) is 0.722. The third kappa shape index (κ3) is 3.31. The van der Waals surface area contributed by atoms with E-state index in [1.807, 2.05) is 4.90 Å². The van der Waals surface area contributed by atoms with Gasteiger partial charge in [-0.3, -0.25) is 4.79 Å². The molecule has 0 unspecified atom stereocenters. The van der Waals surface area contributed by atoms with E-state index in [0.717, 1.165) is 12.8 Å². The molecular weight excluding hydrogens is 368 g/mol. The summed E-state index contributed by atoms with van der Waals surface area (Å²) in [6.07, 6.45) is 6.97. The predicted molar refractivity (Wildman–Crippen MR) is 98.3 cm³/mol. The standard InChI is InChI=1S/C18H26N4O4S/c1-3-27(24,25)21-15-8-14-10-22(16(23)13-6-4-5-7-13)11-18(14,9-15)17-19-12(2)20-26-17/h4-5,13-15,21H,3,6-11H2,1-2H3/t14-,15+,18-/m0/s1. The zero-order valence-corrected chi connectivity index (χ0v) is 16.5. The van der Waals surface area contributed by atoms with Crippen LogP contribution in [0.3, 0.4) is 0 Å². The Labute approximate surface area is 159 Å². The summed E-state index contributed by atoms with van der Waals surface area (Å²) in [5, 5.41) is 3.94. The van der Waals surface area contributed by atoms with E-state index in [-0.39, 0.29) is 29.5 Å². The van der Waals surface area contributed by atoms with E-state index in [4.69, 9.17) is 4.52 Å². The number of carbonyl (C=O) groups excluding carboxylic acids is 1. The number of allylic oxidation sites excluding steroid dienone is 2. The highest BCUT2D eigenvalue weighted by atomic mass is 32.2. The van der Waals surface area contributed by atoms with Gasteiger partial charge in [-0.25, -0.2) is 13.1 Å². The maximum Gasteiger partial charge on any atom is 0.235 e. The third-order valence-electron chi connectivity index (χ3n) is 6.22. The smallest absolute Gasteiger partial charge is 0.235 e. The average Bonchev–Trinajstić information content (AvgIpc) is 3.36. The number of likely N-dealkylation sites (tertiary alicyclic amines) is 1. The summed E-state index contributed by atoms with van der Waals surface area (Å²) in [7, 11) is -3.29. The molecule has 2 aliphatic carbocycles. The Bertz CT molecular complexity index is 856. The second-order valence-electron chi connectivity index (χ2n) is 8.02. The lowest BCUT2D eigenvalue weighted by atomic mass is 9.80. The maximum atomic E-state index is 12.9. The molecule has 3 aliphatic rings. The van der Waals surface area contributed by atoms with Gasteiger partial charge < -0.3 is 9.42 Å². The van der Waals surface area contributed by atoms with Crippen LogP contribution < -0.4 is 4.72 Å². The third-order valence-corrected chi connectivity index (χ3v) is 7.68. The van der Waals surface area contributed by atoms with Crippen LogP contribution in [0.4, 0.5) is 0 Å². The summed E-state index contributed by atoms with van der Waals surface area (Å²) >= 11 is 0. The van der Waals surface area contributed by atoms with Gasteiger partial charge in [0.15, 0.2) is 5.82 Å². The van der Waals surface area contributed by atoms with Crippen LogP contribution in [0.1, 0.15) is 44.3 Å². The van der Waals surface area contributed by atoms with E-state index in [9.17, 15) is 13.2 Å². The minimum atomic E-state index is -3.29. The van der Waals surface area contributed by atoms with Crippen molar-refractivity contribution in [3.63, 3.8) is 0 Å². The van der Waals surface area contributed by atoms with Crippen molar-refractivity contribution >= 4 is 15.9 Å². The van der Waals surface area contributed by atoms with Gasteiger partial charge in [0.25, 0.3) is 0 Å². The number of nitrogens with zero attached hydrogens (tertiary/aromatic N) is 3. The molecule has 1 saturated carbocycles. The van der Waals surface area contributed by atoms with Gasteiger partial charge in [-0.05, 0) is 45.4 Å². The Morgan fingerprint density at radius 3 is 2.78 bits per heavy atom. The molecule has 0 spiro atoms. The van der Waals surface area contributed by atoms with Crippen LogP contribution >= 0.6 is 0 Å². The fourth-order valence-corrected chi connectivity index (χ4v) is 5.73. The van der Waals surface area contributed by atoms with Gasteiger partial charge in [-0.2, -0.15) is 4.98 Å². The van der Waals surface area contributed by atoms with E-state index < -0.39 is 15.4 Å². The molecule has 4 rings (SSSR count). The summed E-state index contributed by atoms with van der Waals surface area (Å²) in [4.78, 5) is 19.3. The summed E-state index contributed by atoms with van der Waals surface area (Å²) in [6, 6.07) is -0.169. The topological polar surface area (TPSA) is 105 Å². The highest BCUT2D eigenvalue weighted by Crippen LogP contribution is 2.50. The summed E-state index contributed by atoms with van der Waals surface area (Å²) < 4.78 is 32.4. The van der Waals surface area contributed by atoms with Crippen LogP contribution in [0.25, 0.3) is 0 Å². The van der Waals surface area contributed by atoms with Gasteiger partial charge in [0.05, 0.1) is 11.2 Å². The second kappa shape index (κ2) is 6.70. The second-order valence-corrected chi connectivity index (χ2v) is 10.1. The molecule has 1 amide bonds. The molecule has 2 heterocycles. The van der Waals surface area contributed by atoms with E-state index in [0.29, 0.717) is 37.6 Å². The first-order chi connectivity index (χ1) is 12.8. The highest BCUT2D eigenvalue weighted by molar-refractivity contribution is 7.89. The molecule has 1 N–H and O–H groups in total. The minimum absolute atomic E-state index is 0.0275. The zero-order valence-electron chi connectivity index (χ0n) is 15.7. The number of rotatable bonds is 5. The Hall–Kier alpha value is -1.74. The summed E-state index contributed by atoms with van der Waals surface area (Å²) in [6.45, 7) is 4.53. The lowest BCUT2D eigenvalue weighted by molar-refractivity contribution is -0.134. The zero-order chi connectivity index (χ0) is 19.2. The lowest BCUT2D eigenvalue weighted by Gasteiger charge is -2.26. The molecule has 1 aromatic heterocycles. The number of aryl methyl sites for hydroxylation is 1. The van der Waals surface area contributed by atoms with Crippen molar-refractivity contribution in [2.45, 2.75) is 51.0 Å². The highest BCUT2D eigenvalue weighted by Gasteiger charge is 2.58. The Balaban J connectivity index is 1.58. The largest absolute Gasteiger partial charge is 0.341 e. The van der Waals surface area contributed by atoms with E-state index >= 15 is 0 Å². The summed E-state index contributed by atoms with van der Waals surface area (Å²) in [5.41, 5.74) is -0.468. The van der Waals surface area contributed by atoms with Crippen molar-refractivity contribution in [2.24, 2.45) is 11.8 Å². The monoisotopic (exact) mass is 394 g/mol. The van der Waals surface area contributed by atoms with Crippen molar-refractivity contribution in [3.8, 4) is 0 Å². The summed E-state index contributed by atoms with van der Waals surface area (Å²) in [5.74, 6) is 1.46. The molecule has 0 bridgehead atoms. The first-order valence-corrected chi connectivity index (χ1v) is 11.2. The van der Waals surface area contributed by atoms with Gasteiger partial charge in [0.1, 0.15) is 0 Å². The average molecular weight is 394 g/mol. The van der Waals surface area contributed by atoms with Crippen LogP contribution in [0.15, 0.2) is 16.7 Å². The van der Waals surface area contributed by atoms with Crippen LogP contribution in [-0.2, 0) is 20.2 Å². The van der Waals surface area contributed by atoms with Crippen LogP contribution in [0.2, 0.25) is 0 Å². The number of aromatic nitrogens is 2. The van der Waals surface area contributed by atoms with Gasteiger partial charge in [0.2, 0.25) is 21.8 Å². The molecule has 0 aromatic carbocycles. The number of hydrogen-bond acceptors (Lipinski definition) is 6. The van der Waals surface area contributed by atoms with Gasteiger partial charge >= 0.3 is 0 Å². The molecule has 1 aromatic rings. The molecule has 0 radical (unpaired) electrons. The van der Waals surface area contributed by atoms with E-state index in [1.54, 1.807) is 13.8 Å². The SMILES string of the molecule is CCS(=O)(=O)N[C@@H]1C[C@H]2CN(C(=O)C3CC=CC3)C[C@@]2(c2nc(C)no2)C1. The molecule has 27 heavy (non-hydrogen) atoms. The van der Waals surface area contributed by atoms with Crippen LogP contribution in [0.5, 0.6) is 0 Å². The van der Waals surface area contributed by atoms with Crippen molar-refractivity contribution in [1.29, 1.82) is 0 Å². The molecule has 2 fully saturated rings. The van der Waals surface area contributed by atoms with E-state index in [2.05, 4.69) is 27.0 Å². The first kappa shape index (κ1) is 18.6. The van der Waals surface area contributed by atoms with Crippen LogP contribution in [0, 0.1) is 18.8 Å². The number of hydrogen-bond donors (Lipinski definition) is 1. The maximum absolute atomic E-state index is 12.9. The molecule has 8 nitrogen and oxygen atoms in total. The van der Waals surface area contributed by atoms with Crippen molar-refractivity contribution < 1.29 is 17.7 Å². The predicted octanol–water partition coefficient (Wildman–Crippen LogP) is 1.14. The van der Waals surface area contributed by atoms with Crippen molar-refractivity contribution in [2.75, 3.05) is 18.8 Å². The first-order valence-electron chi connectivity index (χ1n) is 9.57. The fourth-order valence-electron chi connectivity index (χ4n) is 4.87. The molecule has 1 aliphatic heterocycles. The number of carbonyl (C=O) groups is 1. The van der Waals surface area contributed by atoms with Gasteiger partial charge in [-0.15, -0.1) is 0 Å². The lowest BCUT2D eigenvalue weighted by Crippen LogP contribution is -2.41. The van der Waals surface area contributed by atoms with Gasteiger partial charge in [-0.1, -0.05) is 17.3 Å². The molecule has 9 heteroatoms. The van der Waals surface area contributed by atoms with Crippen molar-refractivity contribution in [3.05, 3.63) is 23.9 Å². The molecule has 1 saturated heterocycles. The molecular formula is C18H26N4O4S. The Kier molecular flexibility index (Phi) is 4.62. The number of amides is 1. The van der Waals surface area contributed by atoms with Crippen molar-refractivity contribution in [1.82, 2.24) is 19.8 Å². The van der Waals surface area contributed by atoms with E-state index in [1.165, 1.54) is 0 Å². The Morgan fingerprint density at radius 1 is 1.41 bits per heavy atom.